The molecule has 1 aromatic rings. The van der Waals surface area contributed by atoms with E-state index in [1.54, 1.807) is 10.4 Å². The molecule has 0 aromatic heterocycles. The number of rotatable bonds is 4. The summed E-state index contributed by atoms with van der Waals surface area (Å²) in [6, 6.07) is 5.58. The molecule has 1 saturated heterocycles. The first kappa shape index (κ1) is 15.9. The van der Waals surface area contributed by atoms with Crippen LogP contribution in [0, 0.1) is 0 Å². The molecule has 1 aliphatic rings. The van der Waals surface area contributed by atoms with E-state index in [0.29, 0.717) is 22.5 Å². The third kappa shape index (κ3) is 3.24. The Morgan fingerprint density at radius 3 is 2.80 bits per heavy atom. The summed E-state index contributed by atoms with van der Waals surface area (Å²) in [5, 5.41) is 3.05. The van der Waals surface area contributed by atoms with Crippen LogP contribution in [0.1, 0.15) is 31.7 Å². The summed E-state index contributed by atoms with van der Waals surface area (Å²) in [4.78, 5) is 0.374. The van der Waals surface area contributed by atoms with E-state index >= 15 is 0 Å². The number of nitrogens with zero attached hydrogens (tertiary/aromatic N) is 1. The molecule has 0 aliphatic carbocycles. The zero-order valence-corrected chi connectivity index (χ0v) is 14.3. The molecule has 1 heterocycles. The molecule has 1 atom stereocenters. The Hall–Kier alpha value is -0.430. The maximum Gasteiger partial charge on any atom is 0.244 e. The molecule has 6 heteroatoms. The van der Waals surface area contributed by atoms with Gasteiger partial charge in [0, 0.05) is 23.6 Å². The number of sulfonamides is 1. The molecule has 1 unspecified atom stereocenters. The van der Waals surface area contributed by atoms with E-state index in [-0.39, 0.29) is 6.04 Å². The third-order valence-electron chi connectivity index (χ3n) is 3.71. The van der Waals surface area contributed by atoms with E-state index in [0.717, 1.165) is 24.8 Å². The van der Waals surface area contributed by atoms with Gasteiger partial charge in [-0.1, -0.05) is 12.5 Å². The SMILES string of the molecule is CNCc1ccc(Br)c(S(=O)(=O)N2CCCCC2C)c1. The number of hydrogen-bond acceptors (Lipinski definition) is 3. The zero-order chi connectivity index (χ0) is 14.8. The van der Waals surface area contributed by atoms with Crippen molar-refractivity contribution < 1.29 is 8.42 Å². The normalized spacial score (nSPS) is 21.1. The average molecular weight is 361 g/mol. The van der Waals surface area contributed by atoms with Crippen molar-refractivity contribution in [1.29, 1.82) is 0 Å². The first-order valence-electron chi connectivity index (χ1n) is 6.91. The van der Waals surface area contributed by atoms with Crippen LogP contribution in [0.25, 0.3) is 0 Å². The second kappa shape index (κ2) is 6.56. The lowest BCUT2D eigenvalue weighted by atomic mass is 10.1. The second-order valence-electron chi connectivity index (χ2n) is 5.26. The van der Waals surface area contributed by atoms with Gasteiger partial charge in [0.15, 0.2) is 0 Å². The molecule has 0 saturated carbocycles. The van der Waals surface area contributed by atoms with E-state index in [1.807, 2.05) is 26.1 Å². The van der Waals surface area contributed by atoms with Crippen LogP contribution >= 0.6 is 15.9 Å². The Kier molecular flexibility index (Phi) is 5.23. The minimum absolute atomic E-state index is 0.0774. The number of hydrogen-bond donors (Lipinski definition) is 1. The zero-order valence-electron chi connectivity index (χ0n) is 11.9. The van der Waals surface area contributed by atoms with Gasteiger partial charge in [-0.05, 0) is 60.4 Å². The molecular formula is C14H21BrN2O2S. The standard InChI is InChI=1S/C14H21BrN2O2S/c1-11-5-3-4-8-17(11)20(18,19)14-9-12(10-16-2)6-7-13(14)15/h6-7,9,11,16H,3-5,8,10H2,1-2H3. The molecule has 4 nitrogen and oxygen atoms in total. The van der Waals surface area contributed by atoms with Crippen LogP contribution in [0.5, 0.6) is 0 Å². The largest absolute Gasteiger partial charge is 0.316 e. The van der Waals surface area contributed by atoms with Crippen molar-refractivity contribution in [2.75, 3.05) is 13.6 Å². The van der Waals surface area contributed by atoms with E-state index < -0.39 is 10.0 Å². The second-order valence-corrected chi connectivity index (χ2v) is 7.97. The molecule has 1 fully saturated rings. The Morgan fingerprint density at radius 1 is 1.40 bits per heavy atom. The number of nitrogens with one attached hydrogen (secondary N) is 1. The molecule has 0 radical (unpaired) electrons. The summed E-state index contributed by atoms with van der Waals surface area (Å²) in [7, 11) is -1.57. The van der Waals surface area contributed by atoms with Gasteiger partial charge in [0.05, 0.1) is 4.90 Å². The fourth-order valence-corrected chi connectivity index (χ4v) is 5.29. The molecule has 20 heavy (non-hydrogen) atoms. The topological polar surface area (TPSA) is 49.4 Å². The van der Waals surface area contributed by atoms with Gasteiger partial charge in [-0.15, -0.1) is 0 Å². The highest BCUT2D eigenvalue weighted by atomic mass is 79.9. The van der Waals surface area contributed by atoms with E-state index in [2.05, 4.69) is 21.2 Å². The molecule has 0 amide bonds. The van der Waals surface area contributed by atoms with E-state index in [4.69, 9.17) is 0 Å². The predicted molar refractivity (Wildman–Crippen MR) is 84.1 cm³/mol. The number of halogens is 1. The van der Waals surface area contributed by atoms with Crippen molar-refractivity contribution in [1.82, 2.24) is 9.62 Å². The predicted octanol–water partition coefficient (Wildman–Crippen LogP) is 2.73. The molecule has 2 rings (SSSR count). The van der Waals surface area contributed by atoms with Crippen LogP contribution < -0.4 is 5.32 Å². The lowest BCUT2D eigenvalue weighted by Gasteiger charge is -2.32. The first-order valence-corrected chi connectivity index (χ1v) is 9.15. The average Bonchev–Trinajstić information content (AvgIpc) is 2.41. The molecule has 0 spiro atoms. The lowest BCUT2D eigenvalue weighted by Crippen LogP contribution is -2.42. The van der Waals surface area contributed by atoms with Crippen molar-refractivity contribution in [3.8, 4) is 0 Å². The maximum atomic E-state index is 12.9. The van der Waals surface area contributed by atoms with Crippen LogP contribution in [0.15, 0.2) is 27.6 Å². The Balaban J connectivity index is 2.40. The smallest absolute Gasteiger partial charge is 0.244 e. The van der Waals surface area contributed by atoms with Gasteiger partial charge in [0.25, 0.3) is 0 Å². The molecular weight excluding hydrogens is 340 g/mol. The summed E-state index contributed by atoms with van der Waals surface area (Å²) in [5.74, 6) is 0. The summed E-state index contributed by atoms with van der Waals surface area (Å²) in [6.45, 7) is 3.26. The monoisotopic (exact) mass is 360 g/mol. The number of piperidine rings is 1. The molecule has 1 aromatic carbocycles. The van der Waals surface area contributed by atoms with Gasteiger partial charge in [-0.25, -0.2) is 8.42 Å². The van der Waals surface area contributed by atoms with Gasteiger partial charge in [0.1, 0.15) is 0 Å². The van der Waals surface area contributed by atoms with Gasteiger partial charge in [-0.2, -0.15) is 4.31 Å². The molecule has 1 aliphatic heterocycles. The number of benzene rings is 1. The van der Waals surface area contributed by atoms with Crippen LogP contribution in [0.3, 0.4) is 0 Å². The summed E-state index contributed by atoms with van der Waals surface area (Å²) >= 11 is 3.38. The summed E-state index contributed by atoms with van der Waals surface area (Å²) in [6.07, 6.45) is 2.98. The maximum absolute atomic E-state index is 12.9. The highest BCUT2D eigenvalue weighted by molar-refractivity contribution is 9.10. The first-order chi connectivity index (χ1) is 9.46. The van der Waals surface area contributed by atoms with Gasteiger partial charge < -0.3 is 5.32 Å². The molecule has 0 bridgehead atoms. The molecule has 1 N–H and O–H groups in total. The van der Waals surface area contributed by atoms with E-state index in [1.165, 1.54) is 0 Å². The Labute approximate surface area is 129 Å². The van der Waals surface area contributed by atoms with Gasteiger partial charge >= 0.3 is 0 Å². The molecule has 112 valence electrons. The van der Waals surface area contributed by atoms with Crippen molar-refractivity contribution in [2.24, 2.45) is 0 Å². The summed E-state index contributed by atoms with van der Waals surface area (Å²) in [5.41, 5.74) is 0.971. The van der Waals surface area contributed by atoms with Crippen molar-refractivity contribution in [3.63, 3.8) is 0 Å². The lowest BCUT2D eigenvalue weighted by molar-refractivity contribution is 0.268. The van der Waals surface area contributed by atoms with Gasteiger partial charge in [0.2, 0.25) is 10.0 Å². The quantitative estimate of drug-likeness (QED) is 0.897. The van der Waals surface area contributed by atoms with Crippen molar-refractivity contribution >= 4 is 26.0 Å². The fraction of sp³-hybridized carbons (Fsp3) is 0.571. The van der Waals surface area contributed by atoms with Gasteiger partial charge in [-0.3, -0.25) is 0 Å². The fourth-order valence-electron chi connectivity index (χ4n) is 2.61. The highest BCUT2D eigenvalue weighted by Gasteiger charge is 2.32. The third-order valence-corrected chi connectivity index (χ3v) is 6.71. The highest BCUT2D eigenvalue weighted by Crippen LogP contribution is 2.30. The van der Waals surface area contributed by atoms with Crippen LogP contribution in [-0.4, -0.2) is 32.4 Å². The van der Waals surface area contributed by atoms with Crippen LogP contribution in [0.2, 0.25) is 0 Å². The minimum atomic E-state index is -3.42. The van der Waals surface area contributed by atoms with Crippen LogP contribution in [0.4, 0.5) is 0 Å². The van der Waals surface area contributed by atoms with Crippen LogP contribution in [-0.2, 0) is 16.6 Å². The minimum Gasteiger partial charge on any atom is -0.316 e. The van der Waals surface area contributed by atoms with Crippen molar-refractivity contribution in [3.05, 3.63) is 28.2 Å². The Bertz CT molecular complexity index is 575. The van der Waals surface area contributed by atoms with Crippen molar-refractivity contribution in [2.45, 2.75) is 43.7 Å². The Morgan fingerprint density at radius 2 is 2.15 bits per heavy atom. The summed E-state index contributed by atoms with van der Waals surface area (Å²) < 4.78 is 28.0. The van der Waals surface area contributed by atoms with E-state index in [9.17, 15) is 8.42 Å².